The van der Waals surface area contributed by atoms with Crippen molar-refractivity contribution in [1.82, 2.24) is 10.6 Å². The van der Waals surface area contributed by atoms with Crippen LogP contribution < -0.4 is 10.6 Å². The zero-order chi connectivity index (χ0) is 8.93. The largest absolute Gasteiger partial charge is 0.314 e. The van der Waals surface area contributed by atoms with E-state index in [0.29, 0.717) is 0 Å². The maximum Gasteiger partial charge on any atom is 0.0248 e. The second kappa shape index (κ2) is 5.23. The van der Waals surface area contributed by atoms with Gasteiger partial charge in [0.25, 0.3) is 0 Å². The molecule has 0 aromatic carbocycles. The lowest BCUT2D eigenvalue weighted by atomic mass is 10.0. The van der Waals surface area contributed by atoms with Crippen LogP contribution in [0.15, 0.2) is 0 Å². The van der Waals surface area contributed by atoms with Crippen molar-refractivity contribution in [1.29, 1.82) is 0 Å². The third kappa shape index (κ3) is 3.15. The van der Waals surface area contributed by atoms with Crippen LogP contribution in [0, 0.1) is 0 Å². The first-order valence-electron chi connectivity index (χ1n) is 5.49. The molecule has 2 rings (SSSR count). The molecule has 2 N–H and O–H groups in total. The van der Waals surface area contributed by atoms with Crippen molar-refractivity contribution in [3.63, 3.8) is 0 Å². The Morgan fingerprint density at radius 1 is 1.31 bits per heavy atom. The van der Waals surface area contributed by atoms with Crippen molar-refractivity contribution >= 4 is 11.8 Å². The van der Waals surface area contributed by atoms with Gasteiger partial charge in [-0.3, -0.25) is 0 Å². The van der Waals surface area contributed by atoms with Crippen LogP contribution in [0.2, 0.25) is 0 Å². The maximum atomic E-state index is 3.61. The van der Waals surface area contributed by atoms with Gasteiger partial charge in [-0.25, -0.2) is 0 Å². The highest BCUT2D eigenvalue weighted by atomic mass is 32.2. The van der Waals surface area contributed by atoms with Crippen LogP contribution >= 0.6 is 11.8 Å². The van der Waals surface area contributed by atoms with E-state index in [2.05, 4.69) is 22.4 Å². The smallest absolute Gasteiger partial charge is 0.0248 e. The topological polar surface area (TPSA) is 24.1 Å². The molecule has 1 unspecified atom stereocenters. The summed E-state index contributed by atoms with van der Waals surface area (Å²) in [4.78, 5) is 0. The molecule has 0 aromatic heterocycles. The number of thioether (sulfide) groups is 1. The van der Waals surface area contributed by atoms with Gasteiger partial charge in [0.2, 0.25) is 0 Å². The summed E-state index contributed by atoms with van der Waals surface area (Å²) in [5, 5.41) is 7.19. The number of piperidine rings is 1. The van der Waals surface area contributed by atoms with Crippen LogP contribution in [0.4, 0.5) is 0 Å². The van der Waals surface area contributed by atoms with E-state index in [1.807, 2.05) is 0 Å². The Bertz CT molecular complexity index is 142. The zero-order valence-corrected chi connectivity index (χ0v) is 9.04. The molecule has 13 heavy (non-hydrogen) atoms. The van der Waals surface area contributed by atoms with Crippen molar-refractivity contribution in [2.75, 3.05) is 24.6 Å². The maximum absolute atomic E-state index is 3.61. The molecule has 0 aliphatic carbocycles. The van der Waals surface area contributed by atoms with Gasteiger partial charge in [0.15, 0.2) is 0 Å². The normalized spacial score (nSPS) is 30.0. The van der Waals surface area contributed by atoms with Gasteiger partial charge in [0.05, 0.1) is 0 Å². The molecule has 0 bridgehead atoms. The molecule has 1 atom stereocenters. The fraction of sp³-hybridized carbons (Fsp3) is 1.00. The molecule has 0 saturated carbocycles. The fourth-order valence-corrected chi connectivity index (χ4v) is 2.69. The minimum Gasteiger partial charge on any atom is -0.314 e. The Hall–Kier alpha value is 0.270. The van der Waals surface area contributed by atoms with Crippen molar-refractivity contribution in [2.45, 2.75) is 37.8 Å². The van der Waals surface area contributed by atoms with Crippen molar-refractivity contribution in [3.05, 3.63) is 0 Å². The van der Waals surface area contributed by atoms with E-state index >= 15 is 0 Å². The van der Waals surface area contributed by atoms with E-state index in [9.17, 15) is 0 Å². The number of hydrogen-bond donors (Lipinski definition) is 2. The fourth-order valence-electron chi connectivity index (χ4n) is 1.99. The molecule has 2 saturated heterocycles. The Labute approximate surface area is 85.2 Å². The van der Waals surface area contributed by atoms with Crippen molar-refractivity contribution < 1.29 is 0 Å². The van der Waals surface area contributed by atoms with E-state index in [1.54, 1.807) is 0 Å². The van der Waals surface area contributed by atoms with Gasteiger partial charge >= 0.3 is 0 Å². The standard InChI is InChI=1S/C10H20N2S/c1-2-5-11-9(3-1)4-6-12-10-7-13-8-10/h9-12H,1-8H2. The van der Waals surface area contributed by atoms with Gasteiger partial charge < -0.3 is 10.6 Å². The van der Waals surface area contributed by atoms with E-state index in [-0.39, 0.29) is 0 Å². The van der Waals surface area contributed by atoms with E-state index in [1.165, 1.54) is 50.3 Å². The van der Waals surface area contributed by atoms with Gasteiger partial charge in [-0.15, -0.1) is 0 Å². The second-order valence-corrected chi connectivity index (χ2v) is 5.20. The van der Waals surface area contributed by atoms with Gasteiger partial charge in [-0.1, -0.05) is 6.42 Å². The molecule has 0 amide bonds. The molecular formula is C10H20N2S. The average molecular weight is 200 g/mol. The number of hydrogen-bond acceptors (Lipinski definition) is 3. The minimum atomic E-state index is 0.800. The summed E-state index contributed by atoms with van der Waals surface area (Å²) >= 11 is 2.05. The van der Waals surface area contributed by atoms with Crippen LogP contribution in [0.5, 0.6) is 0 Å². The van der Waals surface area contributed by atoms with Crippen LogP contribution in [-0.2, 0) is 0 Å². The Morgan fingerprint density at radius 2 is 2.23 bits per heavy atom. The lowest BCUT2D eigenvalue weighted by Crippen LogP contribution is -2.43. The third-order valence-corrected chi connectivity index (χ3v) is 4.25. The number of rotatable bonds is 4. The summed E-state index contributed by atoms with van der Waals surface area (Å²) in [5.74, 6) is 2.66. The van der Waals surface area contributed by atoms with E-state index in [0.717, 1.165) is 12.1 Å². The van der Waals surface area contributed by atoms with E-state index in [4.69, 9.17) is 0 Å². The highest BCUT2D eigenvalue weighted by molar-refractivity contribution is 8.00. The molecule has 76 valence electrons. The highest BCUT2D eigenvalue weighted by Gasteiger charge is 2.18. The first-order chi connectivity index (χ1) is 6.45. The van der Waals surface area contributed by atoms with Gasteiger partial charge in [-0.2, -0.15) is 11.8 Å². The quantitative estimate of drug-likeness (QED) is 0.713. The predicted octanol–water partition coefficient (Wildman–Crippen LogP) is 1.22. The molecule has 2 nitrogen and oxygen atoms in total. The first kappa shape index (κ1) is 9.81. The number of nitrogens with one attached hydrogen (secondary N) is 2. The Balaban J connectivity index is 1.50. The molecule has 2 aliphatic rings. The SMILES string of the molecule is C1CCC(CCNC2CSC2)NC1. The molecule has 2 heterocycles. The minimum absolute atomic E-state index is 0.800. The molecule has 0 radical (unpaired) electrons. The van der Waals surface area contributed by atoms with Gasteiger partial charge in [-0.05, 0) is 32.4 Å². The van der Waals surface area contributed by atoms with Crippen LogP contribution in [0.1, 0.15) is 25.7 Å². The zero-order valence-electron chi connectivity index (χ0n) is 8.22. The summed E-state index contributed by atoms with van der Waals surface area (Å²) in [5.41, 5.74) is 0. The predicted molar refractivity (Wildman–Crippen MR) is 59.4 cm³/mol. The summed E-state index contributed by atoms with van der Waals surface area (Å²) < 4.78 is 0. The van der Waals surface area contributed by atoms with Crippen molar-refractivity contribution in [3.8, 4) is 0 Å². The molecule has 0 aromatic rings. The molecule has 2 aliphatic heterocycles. The van der Waals surface area contributed by atoms with Crippen molar-refractivity contribution in [2.24, 2.45) is 0 Å². The van der Waals surface area contributed by atoms with Gasteiger partial charge in [0, 0.05) is 23.6 Å². The lowest BCUT2D eigenvalue weighted by molar-refractivity contribution is 0.372. The van der Waals surface area contributed by atoms with E-state index < -0.39 is 0 Å². The Kier molecular flexibility index (Phi) is 3.94. The molecule has 0 spiro atoms. The molecule has 2 fully saturated rings. The summed E-state index contributed by atoms with van der Waals surface area (Å²) in [6.07, 6.45) is 5.52. The summed E-state index contributed by atoms with van der Waals surface area (Å²) in [6, 6.07) is 1.63. The lowest BCUT2D eigenvalue weighted by Gasteiger charge is -2.28. The third-order valence-electron chi connectivity index (χ3n) is 2.98. The van der Waals surface area contributed by atoms with Crippen LogP contribution in [0.3, 0.4) is 0 Å². The summed E-state index contributed by atoms with van der Waals surface area (Å²) in [7, 11) is 0. The molecule has 3 heteroatoms. The second-order valence-electron chi connectivity index (χ2n) is 4.12. The summed E-state index contributed by atoms with van der Waals surface area (Å²) in [6.45, 7) is 2.45. The first-order valence-corrected chi connectivity index (χ1v) is 6.65. The van der Waals surface area contributed by atoms with Gasteiger partial charge in [0.1, 0.15) is 0 Å². The highest BCUT2D eigenvalue weighted by Crippen LogP contribution is 2.17. The average Bonchev–Trinajstić information content (AvgIpc) is 2.11. The molecular weight excluding hydrogens is 180 g/mol. The van der Waals surface area contributed by atoms with Crippen LogP contribution in [0.25, 0.3) is 0 Å². The Morgan fingerprint density at radius 3 is 2.85 bits per heavy atom. The van der Waals surface area contributed by atoms with Crippen LogP contribution in [-0.4, -0.2) is 36.7 Å². The monoisotopic (exact) mass is 200 g/mol.